The lowest BCUT2D eigenvalue weighted by molar-refractivity contribution is 0.221. The first-order valence-corrected chi connectivity index (χ1v) is 8.40. The van der Waals surface area contributed by atoms with Gasteiger partial charge in [0.1, 0.15) is 11.9 Å². The van der Waals surface area contributed by atoms with E-state index in [2.05, 4.69) is 52.1 Å². The van der Waals surface area contributed by atoms with Crippen LogP contribution in [0.3, 0.4) is 0 Å². The number of benzene rings is 1. The van der Waals surface area contributed by atoms with Crippen LogP contribution < -0.4 is 10.1 Å². The van der Waals surface area contributed by atoms with Crippen LogP contribution in [0.5, 0.6) is 5.75 Å². The van der Waals surface area contributed by atoms with Crippen molar-refractivity contribution in [2.45, 2.75) is 32.8 Å². The first kappa shape index (κ1) is 15.8. The molecule has 1 unspecified atom stereocenters. The second-order valence-corrected chi connectivity index (χ2v) is 6.25. The second-order valence-electron chi connectivity index (χ2n) is 5.33. The summed E-state index contributed by atoms with van der Waals surface area (Å²) < 4.78 is 7.08. The summed E-state index contributed by atoms with van der Waals surface area (Å²) in [6.07, 6.45) is 2.51. The number of likely N-dealkylation sites (N-methyl/N-ethyl adjacent to an activating group) is 1. The Morgan fingerprint density at radius 2 is 2.20 bits per heavy atom. The van der Waals surface area contributed by atoms with E-state index in [0.717, 1.165) is 42.8 Å². The Morgan fingerprint density at radius 1 is 1.35 bits per heavy atom. The van der Waals surface area contributed by atoms with Crippen molar-refractivity contribution in [2.24, 2.45) is 0 Å². The Morgan fingerprint density at radius 3 is 2.95 bits per heavy atom. The summed E-state index contributed by atoms with van der Waals surface area (Å²) >= 11 is 3.51. The molecule has 0 aromatic heterocycles. The lowest BCUT2D eigenvalue weighted by Crippen LogP contribution is -2.37. The van der Waals surface area contributed by atoms with Gasteiger partial charge in [-0.2, -0.15) is 0 Å². The number of fused-ring (bicyclic) bond motifs is 1. The fourth-order valence-corrected chi connectivity index (χ4v) is 3.06. The molecular weight excluding hydrogens is 316 g/mol. The predicted molar refractivity (Wildman–Crippen MR) is 87.5 cm³/mol. The van der Waals surface area contributed by atoms with E-state index in [9.17, 15) is 0 Å². The lowest BCUT2D eigenvalue weighted by Gasteiger charge is -2.20. The van der Waals surface area contributed by atoms with Gasteiger partial charge >= 0.3 is 0 Å². The Balaban J connectivity index is 1.67. The van der Waals surface area contributed by atoms with Crippen molar-refractivity contribution in [3.05, 3.63) is 28.2 Å². The van der Waals surface area contributed by atoms with Crippen molar-refractivity contribution >= 4 is 15.9 Å². The number of nitrogens with one attached hydrogen (secondary N) is 1. The maximum absolute atomic E-state index is 5.95. The molecule has 3 nitrogen and oxygen atoms in total. The number of halogens is 1. The van der Waals surface area contributed by atoms with Crippen molar-refractivity contribution in [1.29, 1.82) is 0 Å². The quantitative estimate of drug-likeness (QED) is 0.736. The standard InChI is InChI=1S/C16H25BrN2O/c1-3-8-19(4-2)9-7-18-12-15-11-13-10-14(17)5-6-16(13)20-15/h5-6,10,15,18H,3-4,7-9,11-12H2,1-2H3. The highest BCUT2D eigenvalue weighted by Crippen LogP contribution is 2.30. The van der Waals surface area contributed by atoms with Crippen LogP contribution in [0.2, 0.25) is 0 Å². The maximum atomic E-state index is 5.95. The van der Waals surface area contributed by atoms with Gasteiger partial charge in [-0.15, -0.1) is 0 Å². The van der Waals surface area contributed by atoms with Gasteiger partial charge in [0.05, 0.1) is 0 Å². The molecule has 20 heavy (non-hydrogen) atoms. The fourth-order valence-electron chi connectivity index (χ4n) is 2.65. The van der Waals surface area contributed by atoms with Crippen LogP contribution in [0, 0.1) is 0 Å². The van der Waals surface area contributed by atoms with Crippen molar-refractivity contribution < 1.29 is 4.74 Å². The molecule has 1 aliphatic heterocycles. The molecule has 0 bridgehead atoms. The number of nitrogens with zero attached hydrogens (tertiary/aromatic N) is 1. The molecule has 0 spiro atoms. The third-order valence-corrected chi connectivity index (χ3v) is 4.22. The van der Waals surface area contributed by atoms with Crippen molar-refractivity contribution in [3.63, 3.8) is 0 Å². The molecular formula is C16H25BrN2O. The van der Waals surface area contributed by atoms with Gasteiger partial charge in [0.2, 0.25) is 0 Å². The molecule has 4 heteroatoms. The zero-order valence-corrected chi connectivity index (χ0v) is 14.1. The molecule has 1 heterocycles. The van der Waals surface area contributed by atoms with Crippen molar-refractivity contribution in [2.75, 3.05) is 32.7 Å². The number of ether oxygens (including phenoxy) is 1. The molecule has 112 valence electrons. The summed E-state index contributed by atoms with van der Waals surface area (Å²) in [6.45, 7) is 9.87. The summed E-state index contributed by atoms with van der Waals surface area (Å²) in [5, 5.41) is 3.52. The summed E-state index contributed by atoms with van der Waals surface area (Å²) in [5.74, 6) is 1.04. The van der Waals surface area contributed by atoms with Gasteiger partial charge < -0.3 is 15.0 Å². The lowest BCUT2D eigenvalue weighted by atomic mass is 10.1. The molecule has 1 N–H and O–H groups in total. The highest BCUT2D eigenvalue weighted by molar-refractivity contribution is 9.10. The SMILES string of the molecule is CCCN(CC)CCNCC1Cc2cc(Br)ccc2O1. The average Bonchev–Trinajstić information content (AvgIpc) is 2.84. The Hall–Kier alpha value is -0.580. The zero-order chi connectivity index (χ0) is 14.4. The van der Waals surface area contributed by atoms with Gasteiger partial charge in [-0.1, -0.05) is 29.8 Å². The summed E-state index contributed by atoms with van der Waals surface area (Å²) in [4.78, 5) is 2.48. The first-order chi connectivity index (χ1) is 9.72. The average molecular weight is 341 g/mol. The van der Waals surface area contributed by atoms with E-state index >= 15 is 0 Å². The van der Waals surface area contributed by atoms with Gasteiger partial charge in [0.25, 0.3) is 0 Å². The zero-order valence-electron chi connectivity index (χ0n) is 12.5. The second kappa shape index (κ2) is 8.01. The Bertz CT molecular complexity index is 425. The van der Waals surface area contributed by atoms with Crippen LogP contribution in [0.1, 0.15) is 25.8 Å². The third-order valence-electron chi connectivity index (χ3n) is 3.73. The van der Waals surface area contributed by atoms with Crippen molar-refractivity contribution in [3.8, 4) is 5.75 Å². The van der Waals surface area contributed by atoms with Gasteiger partial charge in [-0.3, -0.25) is 0 Å². The minimum atomic E-state index is 0.278. The summed E-state index contributed by atoms with van der Waals surface area (Å²) in [5.41, 5.74) is 1.31. The normalized spacial score (nSPS) is 17.3. The topological polar surface area (TPSA) is 24.5 Å². The van der Waals surface area contributed by atoms with Gasteiger partial charge in [0, 0.05) is 30.5 Å². The van der Waals surface area contributed by atoms with E-state index in [4.69, 9.17) is 4.74 Å². The van der Waals surface area contributed by atoms with E-state index in [-0.39, 0.29) is 6.10 Å². The largest absolute Gasteiger partial charge is 0.488 e. The third kappa shape index (κ3) is 4.47. The summed E-state index contributed by atoms with van der Waals surface area (Å²) in [6, 6.07) is 6.26. The number of hydrogen-bond acceptors (Lipinski definition) is 3. The smallest absolute Gasteiger partial charge is 0.123 e. The highest BCUT2D eigenvalue weighted by atomic mass is 79.9. The van der Waals surface area contributed by atoms with E-state index in [0.29, 0.717) is 0 Å². The van der Waals surface area contributed by atoms with Crippen LogP contribution in [-0.4, -0.2) is 43.7 Å². The molecule has 0 saturated heterocycles. The molecule has 1 atom stereocenters. The van der Waals surface area contributed by atoms with Crippen LogP contribution >= 0.6 is 15.9 Å². The highest BCUT2D eigenvalue weighted by Gasteiger charge is 2.22. The van der Waals surface area contributed by atoms with E-state index in [1.54, 1.807) is 0 Å². The number of hydrogen-bond donors (Lipinski definition) is 1. The Kier molecular flexibility index (Phi) is 6.33. The molecule has 1 aliphatic rings. The van der Waals surface area contributed by atoms with Gasteiger partial charge in [-0.25, -0.2) is 0 Å². The molecule has 1 aromatic carbocycles. The summed E-state index contributed by atoms with van der Waals surface area (Å²) in [7, 11) is 0. The first-order valence-electron chi connectivity index (χ1n) is 7.61. The van der Waals surface area contributed by atoms with Gasteiger partial charge in [0.15, 0.2) is 0 Å². The monoisotopic (exact) mass is 340 g/mol. The molecule has 0 saturated carbocycles. The minimum Gasteiger partial charge on any atom is -0.488 e. The molecule has 0 radical (unpaired) electrons. The maximum Gasteiger partial charge on any atom is 0.123 e. The fraction of sp³-hybridized carbons (Fsp3) is 0.625. The van der Waals surface area contributed by atoms with Crippen LogP contribution in [-0.2, 0) is 6.42 Å². The van der Waals surface area contributed by atoms with Crippen LogP contribution in [0.15, 0.2) is 22.7 Å². The van der Waals surface area contributed by atoms with Crippen molar-refractivity contribution in [1.82, 2.24) is 10.2 Å². The molecule has 1 aromatic rings. The van der Waals surface area contributed by atoms with Crippen LogP contribution in [0.4, 0.5) is 0 Å². The van der Waals surface area contributed by atoms with Crippen LogP contribution in [0.25, 0.3) is 0 Å². The van der Waals surface area contributed by atoms with E-state index < -0.39 is 0 Å². The predicted octanol–water partition coefficient (Wildman–Crippen LogP) is 3.07. The molecule has 0 aliphatic carbocycles. The molecule has 0 amide bonds. The van der Waals surface area contributed by atoms with E-state index in [1.807, 2.05) is 6.07 Å². The Labute approximate surface area is 130 Å². The number of rotatable bonds is 8. The molecule has 2 rings (SSSR count). The molecule has 0 fully saturated rings. The van der Waals surface area contributed by atoms with E-state index in [1.165, 1.54) is 18.5 Å². The van der Waals surface area contributed by atoms with Gasteiger partial charge in [-0.05, 0) is 43.3 Å². The minimum absolute atomic E-state index is 0.278.